The summed E-state index contributed by atoms with van der Waals surface area (Å²) in [5.74, 6) is -1.07. The van der Waals surface area contributed by atoms with Gasteiger partial charge in [0.2, 0.25) is 5.78 Å². The summed E-state index contributed by atoms with van der Waals surface area (Å²) in [6.45, 7) is 0. The molecular weight excluding hydrogens is 320 g/mol. The Kier molecular flexibility index (Phi) is 3.80. The van der Waals surface area contributed by atoms with Crippen LogP contribution in [0.2, 0.25) is 5.02 Å². The molecule has 0 bridgehead atoms. The number of carbonyl (C=O) groups excluding carboxylic acids is 2. The molecule has 2 aromatic carbocycles. The first kappa shape index (κ1) is 15.1. The topological polar surface area (TPSA) is 72.8 Å². The number of benzene rings is 2. The zero-order valence-corrected chi connectivity index (χ0v) is 12.8. The molecule has 6 heteroatoms. The molecule has 0 fully saturated rings. The van der Waals surface area contributed by atoms with E-state index in [0.717, 1.165) is 0 Å². The minimum absolute atomic E-state index is 0.163. The molecule has 0 atom stereocenters. The number of Topliss-reactive ketones (excluding diaryl/α,β-unsaturated/α-hetero) is 1. The van der Waals surface area contributed by atoms with Crippen LogP contribution in [-0.4, -0.2) is 24.0 Å². The van der Waals surface area contributed by atoms with Crippen molar-refractivity contribution in [1.82, 2.24) is 0 Å². The molecule has 1 aliphatic rings. The first-order chi connectivity index (χ1) is 11.0. The number of hydrogen-bond acceptors (Lipinski definition) is 5. The number of methoxy groups -OCH3 is 1. The molecule has 116 valence electrons. The summed E-state index contributed by atoms with van der Waals surface area (Å²) in [5.41, 5.74) is 0.282. The van der Waals surface area contributed by atoms with Crippen LogP contribution in [0.5, 0.6) is 17.2 Å². The van der Waals surface area contributed by atoms with Crippen LogP contribution in [0.1, 0.15) is 15.9 Å². The monoisotopic (exact) mass is 330 g/mol. The van der Waals surface area contributed by atoms with Gasteiger partial charge in [-0.3, -0.25) is 4.79 Å². The number of carbonyl (C=O) groups is 2. The minimum atomic E-state index is -0.785. The summed E-state index contributed by atoms with van der Waals surface area (Å²) in [6.07, 6.45) is 1.27. The van der Waals surface area contributed by atoms with Gasteiger partial charge >= 0.3 is 5.97 Å². The second-order valence-corrected chi connectivity index (χ2v) is 5.25. The van der Waals surface area contributed by atoms with Gasteiger partial charge in [-0.2, -0.15) is 0 Å². The van der Waals surface area contributed by atoms with Gasteiger partial charge in [0.15, 0.2) is 11.5 Å². The van der Waals surface area contributed by atoms with E-state index in [4.69, 9.17) is 21.1 Å². The average molecular weight is 331 g/mol. The fraction of sp³-hybridized carbons (Fsp3) is 0.0588. The minimum Gasteiger partial charge on any atom is -0.504 e. The van der Waals surface area contributed by atoms with Gasteiger partial charge < -0.3 is 14.6 Å². The van der Waals surface area contributed by atoms with E-state index in [1.807, 2.05) is 0 Å². The fourth-order valence-corrected chi connectivity index (χ4v) is 2.43. The number of ketones is 1. The summed E-state index contributed by atoms with van der Waals surface area (Å²) in [5, 5.41) is 10.4. The zero-order chi connectivity index (χ0) is 16.6. The number of ether oxygens (including phenoxy) is 2. The van der Waals surface area contributed by atoms with Crippen LogP contribution in [0.4, 0.5) is 0 Å². The van der Waals surface area contributed by atoms with E-state index in [-0.39, 0.29) is 33.9 Å². The van der Waals surface area contributed by atoms with E-state index < -0.39 is 11.8 Å². The molecular formula is C17H11ClO5. The van der Waals surface area contributed by atoms with Crippen LogP contribution in [0.25, 0.3) is 6.08 Å². The Morgan fingerprint density at radius 1 is 1.22 bits per heavy atom. The van der Waals surface area contributed by atoms with Crippen LogP contribution in [0, 0.1) is 0 Å². The van der Waals surface area contributed by atoms with Crippen molar-refractivity contribution >= 4 is 29.4 Å². The Hall–Kier alpha value is -2.79. The summed E-state index contributed by atoms with van der Waals surface area (Å²) >= 11 is 5.88. The number of fused-ring (bicyclic) bond motifs is 1. The van der Waals surface area contributed by atoms with Gasteiger partial charge in [0.05, 0.1) is 12.7 Å². The Labute approximate surface area is 136 Å². The molecule has 1 aliphatic heterocycles. The van der Waals surface area contributed by atoms with Crippen molar-refractivity contribution in [3.8, 4) is 17.2 Å². The number of esters is 1. The highest BCUT2D eigenvalue weighted by molar-refractivity contribution is 6.33. The predicted octanol–water partition coefficient (Wildman–Crippen LogP) is 3.24. The van der Waals surface area contributed by atoms with Crippen molar-refractivity contribution in [1.29, 1.82) is 0 Å². The molecule has 0 radical (unpaired) electrons. The largest absolute Gasteiger partial charge is 0.504 e. The number of para-hydroxylation sites is 1. The van der Waals surface area contributed by atoms with Gasteiger partial charge in [-0.25, -0.2) is 4.79 Å². The summed E-state index contributed by atoms with van der Waals surface area (Å²) < 4.78 is 10.1. The second-order valence-electron chi connectivity index (χ2n) is 4.82. The van der Waals surface area contributed by atoms with Crippen molar-refractivity contribution in [3.63, 3.8) is 0 Å². The molecule has 0 aliphatic carbocycles. The van der Waals surface area contributed by atoms with Gasteiger partial charge in [0.1, 0.15) is 11.3 Å². The SMILES string of the molecule is COc1cccc(/C=C2\C(=O)Oc3ccc(Cl)cc3C2=O)c1O. The van der Waals surface area contributed by atoms with Crippen LogP contribution < -0.4 is 9.47 Å². The molecule has 3 rings (SSSR count). The van der Waals surface area contributed by atoms with Crippen molar-refractivity contribution < 1.29 is 24.2 Å². The molecule has 0 saturated carbocycles. The predicted molar refractivity (Wildman–Crippen MR) is 84.1 cm³/mol. The standard InChI is InChI=1S/C17H11ClO5/c1-22-14-4-2-3-9(15(14)19)7-12-16(20)11-8-10(18)5-6-13(11)23-17(12)21/h2-8,19H,1H3/b12-7-. The first-order valence-electron chi connectivity index (χ1n) is 6.65. The zero-order valence-electron chi connectivity index (χ0n) is 12.0. The number of aromatic hydroxyl groups is 1. The number of phenols is 1. The first-order valence-corrected chi connectivity index (χ1v) is 7.03. The molecule has 0 unspecified atom stereocenters. The highest BCUT2D eigenvalue weighted by Gasteiger charge is 2.31. The normalized spacial score (nSPS) is 15.3. The highest BCUT2D eigenvalue weighted by Crippen LogP contribution is 2.34. The number of rotatable bonds is 2. The van der Waals surface area contributed by atoms with E-state index in [1.165, 1.54) is 31.4 Å². The average Bonchev–Trinajstić information content (AvgIpc) is 2.54. The van der Waals surface area contributed by atoms with E-state index in [1.54, 1.807) is 18.2 Å². The third-order valence-corrected chi connectivity index (χ3v) is 3.64. The Morgan fingerprint density at radius 2 is 2.00 bits per heavy atom. The molecule has 0 saturated heterocycles. The number of hydrogen-bond donors (Lipinski definition) is 1. The number of halogens is 1. The smallest absolute Gasteiger partial charge is 0.347 e. The van der Waals surface area contributed by atoms with Crippen LogP contribution in [-0.2, 0) is 4.79 Å². The molecule has 23 heavy (non-hydrogen) atoms. The van der Waals surface area contributed by atoms with Crippen LogP contribution >= 0.6 is 11.6 Å². The third-order valence-electron chi connectivity index (χ3n) is 3.40. The Balaban J connectivity index is 2.10. The molecule has 1 N–H and O–H groups in total. The Morgan fingerprint density at radius 3 is 2.74 bits per heavy atom. The lowest BCUT2D eigenvalue weighted by Gasteiger charge is -2.17. The van der Waals surface area contributed by atoms with E-state index in [9.17, 15) is 14.7 Å². The quantitative estimate of drug-likeness (QED) is 0.396. The lowest BCUT2D eigenvalue weighted by molar-refractivity contribution is -0.130. The summed E-state index contributed by atoms with van der Waals surface area (Å²) in [7, 11) is 1.41. The van der Waals surface area contributed by atoms with Crippen LogP contribution in [0.15, 0.2) is 42.0 Å². The van der Waals surface area contributed by atoms with Gasteiger partial charge in [-0.1, -0.05) is 23.7 Å². The van der Waals surface area contributed by atoms with Crippen LogP contribution in [0.3, 0.4) is 0 Å². The molecule has 5 nitrogen and oxygen atoms in total. The summed E-state index contributed by atoms with van der Waals surface area (Å²) in [6, 6.07) is 9.18. The van der Waals surface area contributed by atoms with Gasteiger partial charge in [0, 0.05) is 10.6 Å². The van der Waals surface area contributed by atoms with Gasteiger partial charge in [0.25, 0.3) is 0 Å². The Bertz CT molecular complexity index is 854. The second kappa shape index (κ2) is 5.78. The van der Waals surface area contributed by atoms with Gasteiger partial charge in [-0.15, -0.1) is 0 Å². The maximum absolute atomic E-state index is 12.5. The van der Waals surface area contributed by atoms with Crippen molar-refractivity contribution in [2.24, 2.45) is 0 Å². The lowest BCUT2D eigenvalue weighted by atomic mass is 9.97. The molecule has 0 amide bonds. The van der Waals surface area contributed by atoms with Gasteiger partial charge in [-0.05, 0) is 30.3 Å². The van der Waals surface area contributed by atoms with Crippen molar-refractivity contribution in [3.05, 3.63) is 58.1 Å². The molecule has 1 heterocycles. The van der Waals surface area contributed by atoms with Crippen molar-refractivity contribution in [2.45, 2.75) is 0 Å². The van der Waals surface area contributed by atoms with E-state index >= 15 is 0 Å². The molecule has 2 aromatic rings. The molecule has 0 aromatic heterocycles. The van der Waals surface area contributed by atoms with E-state index in [0.29, 0.717) is 5.02 Å². The summed E-state index contributed by atoms with van der Waals surface area (Å²) in [4.78, 5) is 24.6. The molecule has 0 spiro atoms. The lowest BCUT2D eigenvalue weighted by Crippen LogP contribution is -2.25. The maximum Gasteiger partial charge on any atom is 0.347 e. The third kappa shape index (κ3) is 2.66. The van der Waals surface area contributed by atoms with Crippen molar-refractivity contribution in [2.75, 3.05) is 7.11 Å². The number of phenolic OH excluding ortho intramolecular Hbond substituents is 1. The fourth-order valence-electron chi connectivity index (χ4n) is 2.26. The maximum atomic E-state index is 12.5. The van der Waals surface area contributed by atoms with E-state index in [2.05, 4.69) is 0 Å². The highest BCUT2D eigenvalue weighted by atomic mass is 35.5.